The third-order valence-corrected chi connectivity index (χ3v) is 4.26. The van der Waals surface area contributed by atoms with E-state index < -0.39 is 0 Å². The predicted octanol–water partition coefficient (Wildman–Crippen LogP) is 2.44. The van der Waals surface area contributed by atoms with Gasteiger partial charge in [0.25, 0.3) is 0 Å². The summed E-state index contributed by atoms with van der Waals surface area (Å²) < 4.78 is 0. The lowest BCUT2D eigenvalue weighted by molar-refractivity contribution is 0.734. The Morgan fingerprint density at radius 2 is 2.26 bits per heavy atom. The maximum atomic E-state index is 4.41. The van der Waals surface area contributed by atoms with E-state index >= 15 is 0 Å². The van der Waals surface area contributed by atoms with Crippen molar-refractivity contribution in [1.29, 1.82) is 0 Å². The van der Waals surface area contributed by atoms with Crippen LogP contribution >= 0.6 is 35.3 Å². The topological polar surface area (TPSA) is 49.3 Å². The summed E-state index contributed by atoms with van der Waals surface area (Å²) >= 11 is 1.81. The molecule has 0 spiro atoms. The number of hydrogen-bond acceptors (Lipinski definition) is 3. The maximum absolute atomic E-state index is 4.41. The number of aryl methyl sites for hydroxylation is 1. The monoisotopic (exact) mass is 394 g/mol. The van der Waals surface area contributed by atoms with Crippen LogP contribution in [0.4, 0.5) is 0 Å². The van der Waals surface area contributed by atoms with Crippen molar-refractivity contribution in [3.05, 3.63) is 16.1 Å². The van der Waals surface area contributed by atoms with Crippen molar-refractivity contribution < 1.29 is 0 Å². The van der Waals surface area contributed by atoms with Gasteiger partial charge in [-0.1, -0.05) is 6.92 Å². The van der Waals surface area contributed by atoms with Gasteiger partial charge in [0.05, 0.1) is 5.01 Å². The predicted molar refractivity (Wildman–Crippen MR) is 92.7 cm³/mol. The molecule has 6 heteroatoms. The zero-order valence-corrected chi connectivity index (χ0v) is 14.8. The van der Waals surface area contributed by atoms with Crippen LogP contribution in [0.5, 0.6) is 0 Å². The average Bonchev–Trinajstić information content (AvgIpc) is 3.11. The van der Waals surface area contributed by atoms with Crippen LogP contribution in [0, 0.1) is 5.92 Å². The third kappa shape index (κ3) is 6.07. The van der Waals surface area contributed by atoms with Gasteiger partial charge < -0.3 is 10.6 Å². The number of nitrogens with zero attached hydrogens (tertiary/aromatic N) is 2. The summed E-state index contributed by atoms with van der Waals surface area (Å²) in [6, 6.07) is 0. The number of rotatable bonds is 6. The number of guanidine groups is 1. The number of hydrogen-bond donors (Lipinski definition) is 2. The fourth-order valence-corrected chi connectivity index (χ4v) is 2.56. The van der Waals surface area contributed by atoms with Crippen LogP contribution in [0.15, 0.2) is 11.2 Å². The molecule has 2 N–H and O–H groups in total. The Morgan fingerprint density at radius 3 is 2.84 bits per heavy atom. The molecule has 2 rings (SSSR count). The first-order chi connectivity index (χ1) is 8.81. The van der Waals surface area contributed by atoms with E-state index in [1.54, 1.807) is 0 Å². The summed E-state index contributed by atoms with van der Waals surface area (Å²) in [6.45, 7) is 4.11. The van der Waals surface area contributed by atoms with Crippen molar-refractivity contribution in [2.75, 3.05) is 20.1 Å². The average molecular weight is 394 g/mol. The standard InChI is InChI=1S/C13H22N4S.HI/c1-3-11-9-16-12(18-11)6-7-15-13(14-2)17-8-10-4-5-10;/h9-10H,3-8H2,1-2H3,(H2,14,15,17);1H. The van der Waals surface area contributed by atoms with Gasteiger partial charge in [-0.25, -0.2) is 4.98 Å². The molecule has 1 aromatic heterocycles. The summed E-state index contributed by atoms with van der Waals surface area (Å²) in [5, 5.41) is 7.90. The summed E-state index contributed by atoms with van der Waals surface area (Å²) in [4.78, 5) is 9.99. The van der Waals surface area contributed by atoms with Crippen LogP contribution in [-0.2, 0) is 12.8 Å². The van der Waals surface area contributed by atoms with Crippen LogP contribution in [0.2, 0.25) is 0 Å². The van der Waals surface area contributed by atoms with E-state index in [1.165, 1.54) is 22.7 Å². The van der Waals surface area contributed by atoms with Gasteiger partial charge >= 0.3 is 0 Å². The SMILES string of the molecule is CCc1cnc(CCNC(=NC)NCC2CC2)s1.I. The molecular weight excluding hydrogens is 371 g/mol. The van der Waals surface area contributed by atoms with Crippen molar-refractivity contribution >= 4 is 41.3 Å². The Kier molecular flexibility index (Phi) is 7.67. The molecule has 1 saturated carbocycles. The zero-order chi connectivity index (χ0) is 12.8. The van der Waals surface area contributed by atoms with E-state index in [9.17, 15) is 0 Å². The summed E-state index contributed by atoms with van der Waals surface area (Å²) in [7, 11) is 1.82. The molecule has 0 aromatic carbocycles. The minimum absolute atomic E-state index is 0. The number of nitrogens with one attached hydrogen (secondary N) is 2. The van der Waals surface area contributed by atoms with Gasteiger partial charge in [0.15, 0.2) is 5.96 Å². The molecule has 0 unspecified atom stereocenters. The number of aliphatic imine (C=N–C) groups is 1. The molecule has 0 radical (unpaired) electrons. The Morgan fingerprint density at radius 1 is 1.47 bits per heavy atom. The minimum Gasteiger partial charge on any atom is -0.356 e. The fraction of sp³-hybridized carbons (Fsp3) is 0.692. The normalized spacial score (nSPS) is 14.9. The number of halogens is 1. The third-order valence-electron chi connectivity index (χ3n) is 3.06. The molecule has 1 fully saturated rings. The highest BCUT2D eigenvalue weighted by Crippen LogP contribution is 2.27. The molecule has 108 valence electrons. The largest absolute Gasteiger partial charge is 0.356 e. The number of aromatic nitrogens is 1. The van der Waals surface area contributed by atoms with Gasteiger partial charge in [0.1, 0.15) is 0 Å². The van der Waals surface area contributed by atoms with Gasteiger partial charge in [-0.15, -0.1) is 35.3 Å². The molecule has 1 aliphatic rings. The number of thiazole rings is 1. The molecule has 1 heterocycles. The molecule has 1 aliphatic carbocycles. The molecule has 0 atom stereocenters. The van der Waals surface area contributed by atoms with Gasteiger partial charge in [-0.2, -0.15) is 0 Å². The highest BCUT2D eigenvalue weighted by Gasteiger charge is 2.20. The van der Waals surface area contributed by atoms with Crippen LogP contribution in [0.25, 0.3) is 0 Å². The molecule has 0 saturated heterocycles. The van der Waals surface area contributed by atoms with Gasteiger partial charge in [0.2, 0.25) is 0 Å². The molecular formula is C13H23IN4S. The van der Waals surface area contributed by atoms with Crippen LogP contribution in [-0.4, -0.2) is 31.1 Å². The second kappa shape index (κ2) is 8.73. The molecule has 0 amide bonds. The Labute approximate surface area is 136 Å². The lowest BCUT2D eigenvalue weighted by Gasteiger charge is -2.10. The first-order valence-electron chi connectivity index (χ1n) is 6.70. The van der Waals surface area contributed by atoms with Crippen LogP contribution < -0.4 is 10.6 Å². The molecule has 19 heavy (non-hydrogen) atoms. The summed E-state index contributed by atoms with van der Waals surface area (Å²) in [5.41, 5.74) is 0. The van der Waals surface area contributed by atoms with E-state index in [4.69, 9.17) is 0 Å². The lowest BCUT2D eigenvalue weighted by Crippen LogP contribution is -2.39. The smallest absolute Gasteiger partial charge is 0.190 e. The second-order valence-electron chi connectivity index (χ2n) is 4.65. The summed E-state index contributed by atoms with van der Waals surface area (Å²) in [5.74, 6) is 1.78. The van der Waals surface area contributed by atoms with Gasteiger partial charge in [-0.05, 0) is 25.2 Å². The first kappa shape index (κ1) is 16.7. The second-order valence-corrected chi connectivity index (χ2v) is 5.85. The van der Waals surface area contributed by atoms with E-state index in [2.05, 4.69) is 27.5 Å². The van der Waals surface area contributed by atoms with E-state index in [0.29, 0.717) is 0 Å². The van der Waals surface area contributed by atoms with Crippen molar-refractivity contribution in [2.24, 2.45) is 10.9 Å². The van der Waals surface area contributed by atoms with E-state index in [0.717, 1.165) is 37.8 Å². The van der Waals surface area contributed by atoms with Gasteiger partial charge in [0, 0.05) is 37.6 Å². The van der Waals surface area contributed by atoms with Crippen LogP contribution in [0.1, 0.15) is 29.7 Å². The van der Waals surface area contributed by atoms with E-state index in [-0.39, 0.29) is 24.0 Å². The fourth-order valence-electron chi connectivity index (χ4n) is 1.70. The van der Waals surface area contributed by atoms with Gasteiger partial charge in [-0.3, -0.25) is 4.99 Å². The highest BCUT2D eigenvalue weighted by molar-refractivity contribution is 14.0. The van der Waals surface area contributed by atoms with Crippen molar-refractivity contribution in [3.63, 3.8) is 0 Å². The maximum Gasteiger partial charge on any atom is 0.190 e. The quantitative estimate of drug-likeness (QED) is 0.443. The Hall–Kier alpha value is -0.370. The van der Waals surface area contributed by atoms with Crippen molar-refractivity contribution in [3.8, 4) is 0 Å². The lowest BCUT2D eigenvalue weighted by atomic mass is 10.4. The molecule has 0 aliphatic heterocycles. The highest BCUT2D eigenvalue weighted by atomic mass is 127. The Balaban J connectivity index is 0.00000180. The van der Waals surface area contributed by atoms with Crippen LogP contribution in [0.3, 0.4) is 0 Å². The molecule has 0 bridgehead atoms. The Bertz CT molecular complexity index is 401. The van der Waals surface area contributed by atoms with Crippen molar-refractivity contribution in [2.45, 2.75) is 32.6 Å². The zero-order valence-electron chi connectivity index (χ0n) is 11.6. The van der Waals surface area contributed by atoms with E-state index in [1.807, 2.05) is 24.6 Å². The summed E-state index contributed by atoms with van der Waals surface area (Å²) in [6.07, 6.45) is 6.76. The molecule has 4 nitrogen and oxygen atoms in total. The van der Waals surface area contributed by atoms with Crippen molar-refractivity contribution in [1.82, 2.24) is 15.6 Å². The first-order valence-corrected chi connectivity index (χ1v) is 7.51. The minimum atomic E-state index is 0. The molecule has 1 aromatic rings.